The van der Waals surface area contributed by atoms with Gasteiger partial charge in [0.05, 0.1) is 18.7 Å². The monoisotopic (exact) mass is 250 g/mol. The van der Waals surface area contributed by atoms with Gasteiger partial charge in [-0.05, 0) is 18.6 Å². The fraction of sp³-hybridized carbons (Fsp3) is 0.538. The number of carbonyl (C=O) groups excluding carboxylic acids is 2. The molecule has 98 valence electrons. The highest BCUT2D eigenvalue weighted by molar-refractivity contribution is 5.89. The van der Waals surface area contributed by atoms with E-state index in [1.165, 1.54) is 0 Å². The van der Waals surface area contributed by atoms with E-state index in [9.17, 15) is 9.59 Å². The fourth-order valence-electron chi connectivity index (χ4n) is 2.08. The van der Waals surface area contributed by atoms with Gasteiger partial charge in [0.2, 0.25) is 11.8 Å². The van der Waals surface area contributed by atoms with Crippen LogP contribution in [0.25, 0.3) is 0 Å². The van der Waals surface area contributed by atoms with Crippen LogP contribution in [0.15, 0.2) is 22.8 Å². The van der Waals surface area contributed by atoms with Gasteiger partial charge in [0.1, 0.15) is 5.76 Å². The van der Waals surface area contributed by atoms with Crippen LogP contribution >= 0.6 is 0 Å². The molecule has 0 radical (unpaired) electrons. The number of hydrogen-bond donors (Lipinski definition) is 1. The van der Waals surface area contributed by atoms with E-state index in [2.05, 4.69) is 5.32 Å². The van der Waals surface area contributed by atoms with Crippen molar-refractivity contribution in [2.45, 2.75) is 26.3 Å². The Morgan fingerprint density at radius 3 is 3.11 bits per heavy atom. The van der Waals surface area contributed by atoms with Crippen molar-refractivity contribution in [1.29, 1.82) is 0 Å². The molecule has 1 fully saturated rings. The van der Waals surface area contributed by atoms with Gasteiger partial charge >= 0.3 is 0 Å². The molecule has 2 rings (SSSR count). The van der Waals surface area contributed by atoms with Gasteiger partial charge in [-0.3, -0.25) is 9.59 Å². The zero-order valence-corrected chi connectivity index (χ0v) is 10.5. The first-order chi connectivity index (χ1) is 8.70. The third kappa shape index (κ3) is 2.91. The molecule has 5 heteroatoms. The second-order valence-corrected chi connectivity index (χ2v) is 4.55. The summed E-state index contributed by atoms with van der Waals surface area (Å²) >= 11 is 0. The Balaban J connectivity index is 1.88. The molecule has 1 aromatic rings. The molecule has 1 aliphatic heterocycles. The van der Waals surface area contributed by atoms with Crippen molar-refractivity contribution in [3.8, 4) is 0 Å². The molecule has 18 heavy (non-hydrogen) atoms. The van der Waals surface area contributed by atoms with Gasteiger partial charge in [-0.2, -0.15) is 0 Å². The Bertz CT molecular complexity index is 414. The summed E-state index contributed by atoms with van der Waals surface area (Å²) in [5.41, 5.74) is 0. The molecule has 1 atom stereocenters. The molecule has 0 aliphatic carbocycles. The van der Waals surface area contributed by atoms with Crippen molar-refractivity contribution in [1.82, 2.24) is 10.2 Å². The Morgan fingerprint density at radius 1 is 1.61 bits per heavy atom. The lowest BCUT2D eigenvalue weighted by atomic mass is 10.1. The average molecular weight is 250 g/mol. The lowest BCUT2D eigenvalue weighted by Gasteiger charge is -2.14. The summed E-state index contributed by atoms with van der Waals surface area (Å²) < 4.78 is 5.21. The van der Waals surface area contributed by atoms with E-state index in [4.69, 9.17) is 4.42 Å². The van der Waals surface area contributed by atoms with Crippen LogP contribution in [0, 0.1) is 5.92 Å². The number of furan rings is 1. The number of likely N-dealkylation sites (tertiary alicyclic amines) is 1. The number of hydrogen-bond acceptors (Lipinski definition) is 3. The molecule has 1 aromatic heterocycles. The Morgan fingerprint density at radius 2 is 2.44 bits per heavy atom. The maximum absolute atomic E-state index is 11.8. The molecule has 0 saturated carbocycles. The average Bonchev–Trinajstić information content (AvgIpc) is 2.98. The Labute approximate surface area is 106 Å². The van der Waals surface area contributed by atoms with Gasteiger partial charge in [0.25, 0.3) is 0 Å². The first kappa shape index (κ1) is 12.7. The predicted octanol–water partition coefficient (Wildman–Crippen LogP) is 1.15. The first-order valence-electron chi connectivity index (χ1n) is 6.28. The van der Waals surface area contributed by atoms with Crippen LogP contribution in [0.4, 0.5) is 0 Å². The number of rotatable bonds is 5. The molecule has 1 saturated heterocycles. The molecule has 1 unspecified atom stereocenters. The minimum atomic E-state index is -0.223. The minimum Gasteiger partial charge on any atom is -0.467 e. The summed E-state index contributed by atoms with van der Waals surface area (Å²) in [5.74, 6) is 0.521. The molecule has 1 aliphatic rings. The van der Waals surface area contributed by atoms with Gasteiger partial charge < -0.3 is 14.6 Å². The molecule has 2 amide bonds. The van der Waals surface area contributed by atoms with Gasteiger partial charge in [0.15, 0.2) is 0 Å². The van der Waals surface area contributed by atoms with Crippen molar-refractivity contribution in [3.63, 3.8) is 0 Å². The standard InChI is InChI=1S/C13H18N2O3/c1-2-5-14-13(17)10-7-12(16)15(8-10)9-11-4-3-6-18-11/h3-4,6,10H,2,5,7-9H2,1H3,(H,14,17). The molecule has 0 aromatic carbocycles. The van der Waals surface area contributed by atoms with E-state index >= 15 is 0 Å². The number of nitrogens with zero attached hydrogens (tertiary/aromatic N) is 1. The summed E-state index contributed by atoms with van der Waals surface area (Å²) in [5, 5.41) is 2.83. The molecular formula is C13H18N2O3. The fourth-order valence-corrected chi connectivity index (χ4v) is 2.08. The van der Waals surface area contributed by atoms with E-state index in [1.54, 1.807) is 17.2 Å². The zero-order valence-electron chi connectivity index (χ0n) is 10.5. The Kier molecular flexibility index (Phi) is 4.02. The van der Waals surface area contributed by atoms with E-state index in [-0.39, 0.29) is 17.7 Å². The third-order valence-corrected chi connectivity index (χ3v) is 3.06. The summed E-state index contributed by atoms with van der Waals surface area (Å²) in [6.07, 6.45) is 2.79. The second-order valence-electron chi connectivity index (χ2n) is 4.55. The van der Waals surface area contributed by atoms with Crippen LogP contribution in [0.5, 0.6) is 0 Å². The molecule has 0 bridgehead atoms. The lowest BCUT2D eigenvalue weighted by Crippen LogP contribution is -2.33. The van der Waals surface area contributed by atoms with Crippen LogP contribution in [0.3, 0.4) is 0 Å². The van der Waals surface area contributed by atoms with Crippen LogP contribution in [0.2, 0.25) is 0 Å². The maximum atomic E-state index is 11.8. The maximum Gasteiger partial charge on any atom is 0.225 e. The SMILES string of the molecule is CCCNC(=O)C1CC(=O)N(Cc2ccco2)C1. The van der Waals surface area contributed by atoms with Crippen molar-refractivity contribution in [2.75, 3.05) is 13.1 Å². The molecule has 5 nitrogen and oxygen atoms in total. The van der Waals surface area contributed by atoms with Crippen molar-refractivity contribution >= 4 is 11.8 Å². The molecule has 1 N–H and O–H groups in total. The lowest BCUT2D eigenvalue weighted by molar-refractivity contribution is -0.129. The smallest absolute Gasteiger partial charge is 0.225 e. The molecule has 0 spiro atoms. The van der Waals surface area contributed by atoms with E-state index < -0.39 is 0 Å². The summed E-state index contributed by atoms with van der Waals surface area (Å²) in [6.45, 7) is 3.60. The van der Waals surface area contributed by atoms with Crippen molar-refractivity contribution in [2.24, 2.45) is 5.92 Å². The first-order valence-corrected chi connectivity index (χ1v) is 6.28. The highest BCUT2D eigenvalue weighted by atomic mass is 16.3. The van der Waals surface area contributed by atoms with E-state index in [0.29, 0.717) is 26.1 Å². The van der Waals surface area contributed by atoms with E-state index in [0.717, 1.165) is 12.2 Å². The topological polar surface area (TPSA) is 62.6 Å². The number of nitrogens with one attached hydrogen (secondary N) is 1. The van der Waals surface area contributed by atoms with Crippen LogP contribution < -0.4 is 5.32 Å². The van der Waals surface area contributed by atoms with Crippen LogP contribution in [-0.2, 0) is 16.1 Å². The summed E-state index contributed by atoms with van der Waals surface area (Å²) in [7, 11) is 0. The predicted molar refractivity (Wildman–Crippen MR) is 65.5 cm³/mol. The van der Waals surface area contributed by atoms with Crippen LogP contribution in [-0.4, -0.2) is 29.8 Å². The van der Waals surface area contributed by atoms with Crippen molar-refractivity contribution in [3.05, 3.63) is 24.2 Å². The molecular weight excluding hydrogens is 232 g/mol. The van der Waals surface area contributed by atoms with Crippen LogP contribution in [0.1, 0.15) is 25.5 Å². The normalized spacial score (nSPS) is 19.3. The highest BCUT2D eigenvalue weighted by Gasteiger charge is 2.34. The zero-order chi connectivity index (χ0) is 13.0. The summed E-state index contributed by atoms with van der Waals surface area (Å²) in [6, 6.07) is 3.62. The second kappa shape index (κ2) is 5.71. The van der Waals surface area contributed by atoms with Gasteiger partial charge in [-0.15, -0.1) is 0 Å². The highest BCUT2D eigenvalue weighted by Crippen LogP contribution is 2.20. The van der Waals surface area contributed by atoms with Gasteiger partial charge in [-0.1, -0.05) is 6.92 Å². The van der Waals surface area contributed by atoms with Crippen molar-refractivity contribution < 1.29 is 14.0 Å². The minimum absolute atomic E-state index is 0.0167. The third-order valence-electron chi connectivity index (χ3n) is 3.06. The van der Waals surface area contributed by atoms with E-state index in [1.807, 2.05) is 13.0 Å². The summed E-state index contributed by atoms with van der Waals surface area (Å²) in [4.78, 5) is 25.3. The van der Waals surface area contributed by atoms with Gasteiger partial charge in [0, 0.05) is 19.5 Å². The van der Waals surface area contributed by atoms with Gasteiger partial charge in [-0.25, -0.2) is 0 Å². The number of amides is 2. The molecule has 2 heterocycles. The Hall–Kier alpha value is -1.78. The largest absolute Gasteiger partial charge is 0.467 e. The quantitative estimate of drug-likeness (QED) is 0.852. The number of carbonyl (C=O) groups is 2.